The van der Waals surface area contributed by atoms with Crippen molar-refractivity contribution < 1.29 is 28.7 Å². The van der Waals surface area contributed by atoms with E-state index in [-0.39, 0.29) is 21.8 Å². The van der Waals surface area contributed by atoms with Crippen LogP contribution in [0, 0.1) is 0 Å². The van der Waals surface area contributed by atoms with Crippen LogP contribution in [0.5, 0.6) is 0 Å². The molecule has 9 heteroatoms. The normalized spacial score (nSPS) is 17.7. The number of halogens is 2. The Kier molecular flexibility index (Phi) is 6.44. The van der Waals surface area contributed by atoms with Gasteiger partial charge in [0.15, 0.2) is 0 Å². The topological polar surface area (TPSA) is 90.0 Å². The third-order valence-corrected chi connectivity index (χ3v) is 5.38. The molecule has 1 aliphatic rings. The first kappa shape index (κ1) is 22.5. The molecule has 3 aromatic rings. The van der Waals surface area contributed by atoms with Gasteiger partial charge in [-0.25, -0.2) is 14.5 Å². The summed E-state index contributed by atoms with van der Waals surface area (Å²) < 4.78 is 10.7. The highest BCUT2D eigenvalue weighted by molar-refractivity contribution is 6.38. The average molecular weight is 484 g/mol. The molecule has 3 aromatic carbocycles. The summed E-state index contributed by atoms with van der Waals surface area (Å²) in [6.45, 7) is 0. The number of nitrogens with zero attached hydrogens (tertiary/aromatic N) is 1. The molecular weight excluding hydrogens is 469 g/mol. The molecule has 4 rings (SSSR count). The lowest BCUT2D eigenvalue weighted by Gasteiger charge is -2.16. The maximum atomic E-state index is 13.2. The van der Waals surface area contributed by atoms with Crippen LogP contribution >= 0.6 is 23.2 Å². The molecule has 1 heterocycles. The number of hydrogen-bond donors (Lipinski definition) is 0. The lowest BCUT2D eigenvalue weighted by Crippen LogP contribution is -2.37. The lowest BCUT2D eigenvalue weighted by atomic mass is 10.2. The summed E-state index contributed by atoms with van der Waals surface area (Å²) in [4.78, 5) is 52.4. The van der Waals surface area contributed by atoms with E-state index in [9.17, 15) is 19.2 Å². The molecule has 1 saturated heterocycles. The number of hydrogen-bond acceptors (Lipinski definition) is 6. The average Bonchev–Trinajstić information content (AvgIpc) is 3.04. The third kappa shape index (κ3) is 4.60. The molecule has 0 radical (unpaired) electrons. The summed E-state index contributed by atoms with van der Waals surface area (Å²) in [6.07, 6.45) is -3.41. The van der Waals surface area contributed by atoms with Gasteiger partial charge in [0.05, 0.1) is 21.8 Å². The molecule has 0 N–H and O–H groups in total. The summed E-state index contributed by atoms with van der Waals surface area (Å²) in [5.41, 5.74) is 0.345. The van der Waals surface area contributed by atoms with Crippen molar-refractivity contribution in [2.45, 2.75) is 12.2 Å². The molecule has 0 bridgehead atoms. The number of anilines is 1. The van der Waals surface area contributed by atoms with Crippen molar-refractivity contribution in [2.24, 2.45) is 0 Å². The Bertz CT molecular complexity index is 1160. The van der Waals surface area contributed by atoms with E-state index in [0.717, 1.165) is 4.90 Å². The number of rotatable bonds is 5. The molecule has 2 amide bonds. The van der Waals surface area contributed by atoms with Gasteiger partial charge in [0.1, 0.15) is 0 Å². The number of ether oxygens (including phenoxy) is 2. The minimum absolute atomic E-state index is 0.0207. The van der Waals surface area contributed by atoms with Crippen LogP contribution in [-0.4, -0.2) is 36.0 Å². The fourth-order valence-corrected chi connectivity index (χ4v) is 3.75. The summed E-state index contributed by atoms with van der Waals surface area (Å²) in [5.74, 6) is -3.52. The molecule has 0 saturated carbocycles. The zero-order chi connectivity index (χ0) is 23.5. The summed E-state index contributed by atoms with van der Waals surface area (Å²) >= 11 is 12.1. The number of carbonyl (C=O) groups excluding carboxylic acids is 4. The van der Waals surface area contributed by atoms with Gasteiger partial charge in [0.25, 0.3) is 11.8 Å². The van der Waals surface area contributed by atoms with Crippen LogP contribution in [0.15, 0.2) is 78.9 Å². The van der Waals surface area contributed by atoms with E-state index in [1.165, 1.54) is 42.5 Å². The van der Waals surface area contributed by atoms with Gasteiger partial charge in [-0.3, -0.25) is 9.59 Å². The molecule has 166 valence electrons. The summed E-state index contributed by atoms with van der Waals surface area (Å²) in [5, 5.41) is 0.314. The Hall–Kier alpha value is -3.68. The SMILES string of the molecule is O=C(O[C@H]1C(=O)N(c2ccc(Cl)cc2Cl)C(=O)[C@@H]1OC(=O)c1ccccc1)c1ccccc1. The van der Waals surface area contributed by atoms with E-state index < -0.39 is 36.0 Å². The highest BCUT2D eigenvalue weighted by atomic mass is 35.5. The molecule has 0 aliphatic carbocycles. The van der Waals surface area contributed by atoms with Crippen LogP contribution in [-0.2, 0) is 19.1 Å². The minimum atomic E-state index is -1.70. The smallest absolute Gasteiger partial charge is 0.339 e. The van der Waals surface area contributed by atoms with Gasteiger partial charge in [0, 0.05) is 5.02 Å². The van der Waals surface area contributed by atoms with Crippen molar-refractivity contribution in [3.05, 3.63) is 100 Å². The molecular formula is C24H15Cl2NO6. The molecule has 0 unspecified atom stereocenters. The zero-order valence-electron chi connectivity index (χ0n) is 16.8. The number of carbonyl (C=O) groups is 4. The second kappa shape index (κ2) is 9.44. The first-order valence-electron chi connectivity index (χ1n) is 9.72. The second-order valence-electron chi connectivity index (χ2n) is 6.99. The van der Waals surface area contributed by atoms with Gasteiger partial charge in [-0.05, 0) is 42.5 Å². The largest absolute Gasteiger partial charge is 0.444 e. The third-order valence-electron chi connectivity index (χ3n) is 4.84. The Labute approximate surface area is 198 Å². The maximum Gasteiger partial charge on any atom is 0.339 e. The highest BCUT2D eigenvalue weighted by Crippen LogP contribution is 2.34. The lowest BCUT2D eigenvalue weighted by molar-refractivity contribution is -0.130. The van der Waals surface area contributed by atoms with E-state index in [0.29, 0.717) is 5.02 Å². The van der Waals surface area contributed by atoms with Crippen molar-refractivity contribution in [3.8, 4) is 0 Å². The molecule has 2 atom stereocenters. The second-order valence-corrected chi connectivity index (χ2v) is 7.84. The fraction of sp³-hybridized carbons (Fsp3) is 0.0833. The monoisotopic (exact) mass is 483 g/mol. The van der Waals surface area contributed by atoms with Gasteiger partial charge in [-0.15, -0.1) is 0 Å². The van der Waals surface area contributed by atoms with Crippen molar-refractivity contribution in [1.82, 2.24) is 0 Å². The molecule has 0 aromatic heterocycles. The number of benzene rings is 3. The van der Waals surface area contributed by atoms with E-state index in [1.54, 1.807) is 36.4 Å². The predicted molar refractivity (Wildman–Crippen MR) is 120 cm³/mol. The minimum Gasteiger partial charge on any atom is -0.444 e. The first-order chi connectivity index (χ1) is 15.9. The van der Waals surface area contributed by atoms with Gasteiger partial charge < -0.3 is 9.47 Å². The van der Waals surface area contributed by atoms with Crippen LogP contribution < -0.4 is 4.90 Å². The summed E-state index contributed by atoms with van der Waals surface area (Å²) in [6, 6.07) is 20.0. The number of imide groups is 1. The van der Waals surface area contributed by atoms with E-state index in [4.69, 9.17) is 32.7 Å². The van der Waals surface area contributed by atoms with Crippen molar-refractivity contribution in [2.75, 3.05) is 4.90 Å². The Balaban J connectivity index is 1.68. The van der Waals surface area contributed by atoms with Crippen molar-refractivity contribution in [1.29, 1.82) is 0 Å². The fourth-order valence-electron chi connectivity index (χ4n) is 3.26. The number of amides is 2. The van der Waals surface area contributed by atoms with Crippen LogP contribution in [0.4, 0.5) is 5.69 Å². The van der Waals surface area contributed by atoms with E-state index >= 15 is 0 Å². The molecule has 0 spiro atoms. The van der Waals surface area contributed by atoms with Crippen LogP contribution in [0.3, 0.4) is 0 Å². The van der Waals surface area contributed by atoms with Crippen molar-refractivity contribution >= 4 is 52.6 Å². The quantitative estimate of drug-likeness (QED) is 0.396. The highest BCUT2D eigenvalue weighted by Gasteiger charge is 2.54. The Morgan fingerprint density at radius 2 is 1.15 bits per heavy atom. The molecule has 1 aliphatic heterocycles. The van der Waals surface area contributed by atoms with Gasteiger partial charge in [0.2, 0.25) is 12.2 Å². The van der Waals surface area contributed by atoms with Crippen LogP contribution in [0.1, 0.15) is 20.7 Å². The Morgan fingerprint density at radius 3 is 1.58 bits per heavy atom. The molecule has 1 fully saturated rings. The van der Waals surface area contributed by atoms with E-state index in [2.05, 4.69) is 0 Å². The standard InChI is InChI=1S/C24H15Cl2NO6/c25-16-11-12-18(17(26)13-16)27-21(28)19(32-23(30)14-7-3-1-4-8-14)20(22(27)29)33-24(31)15-9-5-2-6-10-15/h1-13,19-20H/t19-,20-/m1/s1. The predicted octanol–water partition coefficient (Wildman–Crippen LogP) is 4.32. The van der Waals surface area contributed by atoms with Crippen molar-refractivity contribution in [3.63, 3.8) is 0 Å². The van der Waals surface area contributed by atoms with Crippen LogP contribution in [0.25, 0.3) is 0 Å². The molecule has 33 heavy (non-hydrogen) atoms. The van der Waals surface area contributed by atoms with Gasteiger partial charge in [-0.1, -0.05) is 59.6 Å². The van der Waals surface area contributed by atoms with Gasteiger partial charge in [-0.2, -0.15) is 0 Å². The molecule has 7 nitrogen and oxygen atoms in total. The first-order valence-corrected chi connectivity index (χ1v) is 10.5. The maximum absolute atomic E-state index is 13.2. The number of esters is 2. The Morgan fingerprint density at radius 1 is 0.697 bits per heavy atom. The summed E-state index contributed by atoms with van der Waals surface area (Å²) in [7, 11) is 0. The van der Waals surface area contributed by atoms with Crippen LogP contribution in [0.2, 0.25) is 10.0 Å². The zero-order valence-corrected chi connectivity index (χ0v) is 18.3. The van der Waals surface area contributed by atoms with E-state index in [1.807, 2.05) is 0 Å². The van der Waals surface area contributed by atoms with Gasteiger partial charge >= 0.3 is 11.9 Å².